The summed E-state index contributed by atoms with van der Waals surface area (Å²) in [6.45, 7) is 3.90. The summed E-state index contributed by atoms with van der Waals surface area (Å²) in [5, 5.41) is 3.42. The first-order chi connectivity index (χ1) is 13.9. The maximum Gasteiger partial charge on any atom is 0.330 e. The van der Waals surface area contributed by atoms with Crippen LogP contribution in [-0.4, -0.2) is 39.1 Å². The van der Waals surface area contributed by atoms with Crippen molar-refractivity contribution in [1.29, 1.82) is 0 Å². The molecule has 0 saturated carbocycles. The Morgan fingerprint density at radius 3 is 2.41 bits per heavy atom. The van der Waals surface area contributed by atoms with Gasteiger partial charge in [0.1, 0.15) is 0 Å². The molecule has 29 heavy (non-hydrogen) atoms. The number of hydrogen-bond acceptors (Lipinski definition) is 4. The lowest BCUT2D eigenvalue weighted by Crippen LogP contribution is -2.47. The van der Waals surface area contributed by atoms with Crippen LogP contribution in [-0.2, 0) is 25.4 Å². The van der Waals surface area contributed by atoms with Crippen LogP contribution in [0.3, 0.4) is 0 Å². The lowest BCUT2D eigenvalue weighted by molar-refractivity contribution is -0.134. The van der Waals surface area contributed by atoms with Crippen molar-refractivity contribution in [2.24, 2.45) is 14.1 Å². The molecule has 2 aromatic rings. The highest BCUT2D eigenvalue weighted by Gasteiger charge is 2.28. The van der Waals surface area contributed by atoms with E-state index in [0.29, 0.717) is 25.2 Å². The zero-order valence-electron chi connectivity index (χ0n) is 17.4. The molecule has 0 bridgehead atoms. The molecule has 156 valence electrons. The second kappa shape index (κ2) is 9.22. The minimum absolute atomic E-state index is 0.0886. The van der Waals surface area contributed by atoms with Crippen LogP contribution < -0.4 is 16.6 Å². The lowest BCUT2D eigenvalue weighted by atomic mass is 9.93. The van der Waals surface area contributed by atoms with Crippen LogP contribution in [0.5, 0.6) is 0 Å². The Balaban J connectivity index is 1.56. The third-order valence-corrected chi connectivity index (χ3v) is 5.81. The third kappa shape index (κ3) is 4.67. The molecule has 1 N–H and O–H groups in total. The Labute approximate surface area is 171 Å². The van der Waals surface area contributed by atoms with Crippen molar-refractivity contribution in [3.63, 3.8) is 0 Å². The molecule has 1 aromatic carbocycles. The highest BCUT2D eigenvalue weighted by atomic mass is 16.2. The minimum atomic E-state index is -0.325. The Hall–Kier alpha value is -2.67. The van der Waals surface area contributed by atoms with Crippen LogP contribution in [0.25, 0.3) is 0 Å². The summed E-state index contributed by atoms with van der Waals surface area (Å²) < 4.78 is 2.56. The van der Waals surface area contributed by atoms with E-state index in [1.165, 1.54) is 11.6 Å². The summed E-state index contributed by atoms with van der Waals surface area (Å²) in [6.07, 6.45) is 4.09. The quantitative estimate of drug-likeness (QED) is 0.797. The first kappa shape index (κ1) is 21.0. The molecular weight excluding hydrogens is 368 g/mol. The number of carbonyl (C=O) groups excluding carboxylic acids is 1. The zero-order valence-corrected chi connectivity index (χ0v) is 17.4. The molecule has 1 fully saturated rings. The van der Waals surface area contributed by atoms with E-state index < -0.39 is 0 Å². The van der Waals surface area contributed by atoms with Gasteiger partial charge in [0, 0.05) is 51.5 Å². The van der Waals surface area contributed by atoms with Crippen LogP contribution in [0.15, 0.2) is 46.1 Å². The van der Waals surface area contributed by atoms with E-state index in [4.69, 9.17) is 0 Å². The van der Waals surface area contributed by atoms with Crippen LogP contribution in [0.1, 0.15) is 43.2 Å². The van der Waals surface area contributed by atoms with E-state index in [1.807, 2.05) is 35.2 Å². The predicted molar refractivity (Wildman–Crippen MR) is 113 cm³/mol. The van der Waals surface area contributed by atoms with E-state index in [-0.39, 0.29) is 29.1 Å². The highest BCUT2D eigenvalue weighted by Crippen LogP contribution is 2.24. The van der Waals surface area contributed by atoms with Gasteiger partial charge in [-0.25, -0.2) is 4.79 Å². The third-order valence-electron chi connectivity index (χ3n) is 5.81. The molecule has 3 rings (SSSR count). The van der Waals surface area contributed by atoms with Crippen LogP contribution in [0.4, 0.5) is 0 Å². The van der Waals surface area contributed by atoms with Crippen molar-refractivity contribution in [1.82, 2.24) is 19.4 Å². The molecule has 0 radical (unpaired) electrons. The van der Waals surface area contributed by atoms with Crippen LogP contribution in [0.2, 0.25) is 0 Å². The van der Waals surface area contributed by atoms with E-state index >= 15 is 0 Å². The molecule has 7 heteroatoms. The fourth-order valence-corrected chi connectivity index (χ4v) is 4.02. The van der Waals surface area contributed by atoms with Gasteiger partial charge in [-0.2, -0.15) is 0 Å². The summed E-state index contributed by atoms with van der Waals surface area (Å²) >= 11 is 0. The van der Waals surface area contributed by atoms with E-state index in [9.17, 15) is 14.4 Å². The van der Waals surface area contributed by atoms with Crippen molar-refractivity contribution >= 4 is 5.91 Å². The predicted octanol–water partition coefficient (Wildman–Crippen LogP) is 1.36. The molecule has 1 atom stereocenters. The second-order valence-corrected chi connectivity index (χ2v) is 7.76. The Morgan fingerprint density at radius 1 is 1.14 bits per heavy atom. The van der Waals surface area contributed by atoms with Gasteiger partial charge in [0.2, 0.25) is 5.91 Å². The average molecular weight is 399 g/mol. The van der Waals surface area contributed by atoms with E-state index in [0.717, 1.165) is 29.4 Å². The zero-order chi connectivity index (χ0) is 21.0. The van der Waals surface area contributed by atoms with Crippen molar-refractivity contribution in [3.05, 3.63) is 68.5 Å². The molecule has 1 saturated heterocycles. The molecular formula is C22H30N4O3. The maximum absolute atomic E-state index is 13.0. The monoisotopic (exact) mass is 398 g/mol. The first-order valence-electron chi connectivity index (χ1n) is 10.2. The van der Waals surface area contributed by atoms with Crippen molar-refractivity contribution in [2.75, 3.05) is 13.1 Å². The topological polar surface area (TPSA) is 76.3 Å². The Bertz CT molecular complexity index is 956. The Morgan fingerprint density at radius 2 is 1.79 bits per heavy atom. The summed E-state index contributed by atoms with van der Waals surface area (Å²) in [6, 6.07) is 10.2. The van der Waals surface area contributed by atoms with Gasteiger partial charge >= 0.3 is 5.69 Å². The van der Waals surface area contributed by atoms with Crippen LogP contribution in [0, 0.1) is 0 Å². The highest BCUT2D eigenvalue weighted by molar-refractivity contribution is 5.83. The van der Waals surface area contributed by atoms with Gasteiger partial charge in [0.15, 0.2) is 0 Å². The number of aryl methyl sites for hydroxylation is 1. The number of aromatic nitrogens is 2. The summed E-state index contributed by atoms with van der Waals surface area (Å²) in [5.74, 6) is 0.110. The van der Waals surface area contributed by atoms with Gasteiger partial charge in [-0.1, -0.05) is 37.3 Å². The molecule has 1 amide bonds. The number of rotatable bonds is 6. The van der Waals surface area contributed by atoms with Crippen molar-refractivity contribution in [3.8, 4) is 0 Å². The summed E-state index contributed by atoms with van der Waals surface area (Å²) in [4.78, 5) is 39.0. The van der Waals surface area contributed by atoms with Gasteiger partial charge < -0.3 is 14.8 Å². The number of nitrogens with one attached hydrogen (secondary N) is 1. The molecule has 1 aliphatic rings. The minimum Gasteiger partial charge on any atom is -0.342 e. The number of hydrogen-bond donors (Lipinski definition) is 1. The number of carbonyl (C=O) groups is 1. The van der Waals surface area contributed by atoms with Gasteiger partial charge in [-0.15, -0.1) is 0 Å². The standard InChI is InChI=1S/C22H30N4O3/c1-4-19(16-8-6-5-7-9-16)21(28)26-12-10-18(11-13-26)23-14-17-15-24(2)22(29)25(3)20(17)27/h5-9,15,18-19,23H,4,10-14H2,1-3H3. The molecule has 1 unspecified atom stereocenters. The van der Waals surface area contributed by atoms with Crippen molar-refractivity contribution < 1.29 is 4.79 Å². The van der Waals surface area contributed by atoms with E-state index in [1.54, 1.807) is 13.2 Å². The Kier molecular flexibility index (Phi) is 6.69. The largest absolute Gasteiger partial charge is 0.342 e. The average Bonchev–Trinajstić information content (AvgIpc) is 2.75. The first-order valence-corrected chi connectivity index (χ1v) is 10.2. The number of likely N-dealkylation sites (tertiary alicyclic amines) is 1. The maximum atomic E-state index is 13.0. The van der Waals surface area contributed by atoms with Gasteiger partial charge in [0.05, 0.1) is 5.92 Å². The van der Waals surface area contributed by atoms with Gasteiger partial charge in [-0.05, 0) is 24.8 Å². The molecule has 1 aromatic heterocycles. The molecule has 0 aliphatic carbocycles. The second-order valence-electron chi connectivity index (χ2n) is 7.76. The summed E-state index contributed by atoms with van der Waals surface area (Å²) in [5.41, 5.74) is 1.06. The molecule has 2 heterocycles. The number of piperidine rings is 1. The molecule has 1 aliphatic heterocycles. The van der Waals surface area contributed by atoms with Crippen LogP contribution >= 0.6 is 0 Å². The summed E-state index contributed by atoms with van der Waals surface area (Å²) in [7, 11) is 3.14. The molecule has 0 spiro atoms. The smallest absolute Gasteiger partial charge is 0.330 e. The van der Waals surface area contributed by atoms with Gasteiger partial charge in [0.25, 0.3) is 5.56 Å². The number of benzene rings is 1. The van der Waals surface area contributed by atoms with Gasteiger partial charge in [-0.3, -0.25) is 14.2 Å². The number of amides is 1. The van der Waals surface area contributed by atoms with E-state index in [2.05, 4.69) is 12.2 Å². The SMILES string of the molecule is CCC(C(=O)N1CCC(NCc2cn(C)c(=O)n(C)c2=O)CC1)c1ccccc1. The molecule has 7 nitrogen and oxygen atoms in total. The lowest BCUT2D eigenvalue weighted by Gasteiger charge is -2.34. The van der Waals surface area contributed by atoms with Crippen molar-refractivity contribution in [2.45, 2.75) is 44.7 Å². The normalized spacial score (nSPS) is 16.0. The fourth-order valence-electron chi connectivity index (χ4n) is 4.02. The number of nitrogens with zero attached hydrogens (tertiary/aromatic N) is 3. The fraction of sp³-hybridized carbons (Fsp3) is 0.500.